The van der Waals surface area contributed by atoms with E-state index in [1.54, 1.807) is 18.8 Å². The van der Waals surface area contributed by atoms with Crippen molar-refractivity contribution in [2.75, 3.05) is 12.8 Å². The molecule has 6 heteroatoms. The molecule has 2 rings (SSSR count). The van der Waals surface area contributed by atoms with E-state index < -0.39 is 0 Å². The Hall–Kier alpha value is -1.53. The molecule has 0 bridgehead atoms. The molecule has 1 heterocycles. The van der Waals surface area contributed by atoms with Crippen molar-refractivity contribution in [1.82, 2.24) is 10.6 Å². The Balaban J connectivity index is 2.27. The minimum absolute atomic E-state index is 0.122. The molecular formula is C17H20BrN3OS. The third kappa shape index (κ3) is 4.72. The fourth-order valence-electron chi connectivity index (χ4n) is 2.23. The van der Waals surface area contributed by atoms with Crippen molar-refractivity contribution >= 4 is 39.4 Å². The lowest BCUT2D eigenvalue weighted by Gasteiger charge is -2.15. The molecule has 0 radical (unpaired) electrons. The second-order valence-corrected chi connectivity index (χ2v) is 7.22. The van der Waals surface area contributed by atoms with Gasteiger partial charge in [-0.25, -0.2) is 0 Å². The number of rotatable bonds is 4. The fraction of sp³-hybridized carbons (Fsp3) is 0.294. The van der Waals surface area contributed by atoms with Crippen LogP contribution in [-0.4, -0.2) is 30.6 Å². The van der Waals surface area contributed by atoms with E-state index in [0.717, 1.165) is 15.1 Å². The van der Waals surface area contributed by atoms with Crippen LogP contribution < -0.4 is 10.6 Å². The van der Waals surface area contributed by atoms with Gasteiger partial charge < -0.3 is 10.6 Å². The van der Waals surface area contributed by atoms with Gasteiger partial charge in [0, 0.05) is 22.5 Å². The van der Waals surface area contributed by atoms with Gasteiger partial charge >= 0.3 is 0 Å². The quantitative estimate of drug-likeness (QED) is 0.766. The Morgan fingerprint density at radius 2 is 2.17 bits per heavy atom. The Kier molecular flexibility index (Phi) is 6.47. The van der Waals surface area contributed by atoms with E-state index in [9.17, 15) is 4.79 Å². The smallest absolute Gasteiger partial charge is 0.256 e. The molecular weight excluding hydrogens is 374 g/mol. The summed E-state index contributed by atoms with van der Waals surface area (Å²) in [5, 5.41) is 6.23. The van der Waals surface area contributed by atoms with E-state index in [4.69, 9.17) is 0 Å². The lowest BCUT2D eigenvalue weighted by molar-refractivity contribution is 0.0965. The summed E-state index contributed by atoms with van der Waals surface area (Å²) < 4.78 is 0.905. The van der Waals surface area contributed by atoms with Gasteiger partial charge in [0.1, 0.15) is 5.84 Å². The highest BCUT2D eigenvalue weighted by Gasteiger charge is 2.18. The molecule has 1 aromatic carbocycles. The first-order valence-electron chi connectivity index (χ1n) is 7.41. The lowest BCUT2D eigenvalue weighted by Crippen LogP contribution is -2.37. The molecule has 0 unspecified atom stereocenters. The van der Waals surface area contributed by atoms with Crippen LogP contribution >= 0.6 is 27.7 Å². The molecule has 2 N–H and O–H groups in total. The molecule has 1 amide bonds. The average Bonchev–Trinajstić information content (AvgIpc) is 2.65. The topological polar surface area (TPSA) is 53.5 Å². The third-order valence-corrected chi connectivity index (χ3v) is 4.66. The number of amides is 1. The SMILES string of the molecule is CCSc1ccccc1C(=O)NC1=CC(Br)=C[C@H](C)NC1=NC. The number of carbonyl (C=O) groups excluding carboxylic acids is 1. The molecule has 1 aliphatic rings. The summed E-state index contributed by atoms with van der Waals surface area (Å²) in [6, 6.07) is 7.75. The molecule has 1 atom stereocenters. The Morgan fingerprint density at radius 3 is 2.87 bits per heavy atom. The summed E-state index contributed by atoms with van der Waals surface area (Å²) in [6.07, 6.45) is 3.89. The molecule has 23 heavy (non-hydrogen) atoms. The van der Waals surface area contributed by atoms with E-state index in [-0.39, 0.29) is 11.9 Å². The number of thioether (sulfide) groups is 1. The highest BCUT2D eigenvalue weighted by molar-refractivity contribution is 9.11. The molecule has 1 aliphatic heterocycles. The second-order valence-electron chi connectivity index (χ2n) is 5.00. The number of aliphatic imine (C=N–C) groups is 1. The number of amidine groups is 1. The summed E-state index contributed by atoms with van der Waals surface area (Å²) in [6.45, 7) is 4.10. The molecule has 0 aromatic heterocycles. The van der Waals surface area contributed by atoms with Crippen molar-refractivity contribution in [2.24, 2.45) is 4.99 Å². The maximum Gasteiger partial charge on any atom is 0.256 e. The second kappa shape index (κ2) is 8.36. The van der Waals surface area contributed by atoms with Crippen molar-refractivity contribution in [2.45, 2.75) is 24.8 Å². The van der Waals surface area contributed by atoms with Gasteiger partial charge in [0.05, 0.1) is 11.3 Å². The van der Waals surface area contributed by atoms with Gasteiger partial charge in [-0.2, -0.15) is 0 Å². The Bertz CT molecular complexity index is 682. The molecule has 0 saturated heterocycles. The lowest BCUT2D eigenvalue weighted by atomic mass is 10.2. The predicted molar refractivity (Wildman–Crippen MR) is 101 cm³/mol. The van der Waals surface area contributed by atoms with Gasteiger partial charge in [-0.05, 0) is 37.0 Å². The van der Waals surface area contributed by atoms with Crippen LogP contribution in [0.1, 0.15) is 24.2 Å². The van der Waals surface area contributed by atoms with Crippen LogP contribution in [0.3, 0.4) is 0 Å². The van der Waals surface area contributed by atoms with Crippen molar-refractivity contribution in [1.29, 1.82) is 0 Å². The van der Waals surface area contributed by atoms with E-state index in [0.29, 0.717) is 17.1 Å². The highest BCUT2D eigenvalue weighted by atomic mass is 79.9. The molecule has 122 valence electrons. The van der Waals surface area contributed by atoms with Gasteiger partial charge in [0.25, 0.3) is 5.91 Å². The van der Waals surface area contributed by atoms with E-state index >= 15 is 0 Å². The van der Waals surface area contributed by atoms with E-state index in [1.165, 1.54) is 0 Å². The predicted octanol–water partition coefficient (Wildman–Crippen LogP) is 3.71. The van der Waals surface area contributed by atoms with Crippen molar-refractivity contribution in [3.05, 3.63) is 52.2 Å². The van der Waals surface area contributed by atoms with Gasteiger partial charge in [-0.1, -0.05) is 35.0 Å². The summed E-state index contributed by atoms with van der Waals surface area (Å²) in [5.74, 6) is 1.45. The number of nitrogens with one attached hydrogen (secondary N) is 2. The third-order valence-electron chi connectivity index (χ3n) is 3.21. The normalized spacial score (nSPS) is 19.5. The zero-order valence-corrected chi connectivity index (χ0v) is 15.8. The van der Waals surface area contributed by atoms with Crippen LogP contribution in [0.25, 0.3) is 0 Å². The molecule has 0 saturated carbocycles. The number of halogens is 1. The first-order chi connectivity index (χ1) is 11.0. The first kappa shape index (κ1) is 17.8. The van der Waals surface area contributed by atoms with Crippen LogP contribution in [0.4, 0.5) is 0 Å². The Labute approximate surface area is 149 Å². The summed E-state index contributed by atoms with van der Waals surface area (Å²) >= 11 is 5.15. The van der Waals surface area contributed by atoms with Crippen LogP contribution in [0.2, 0.25) is 0 Å². The van der Waals surface area contributed by atoms with Gasteiger partial charge in [0.2, 0.25) is 0 Å². The maximum atomic E-state index is 12.7. The number of carbonyl (C=O) groups is 1. The van der Waals surface area contributed by atoms with Crippen LogP contribution in [-0.2, 0) is 0 Å². The monoisotopic (exact) mass is 393 g/mol. The Morgan fingerprint density at radius 1 is 1.43 bits per heavy atom. The van der Waals surface area contributed by atoms with Crippen LogP contribution in [0.15, 0.2) is 56.5 Å². The van der Waals surface area contributed by atoms with Gasteiger partial charge in [0.15, 0.2) is 0 Å². The fourth-order valence-corrected chi connectivity index (χ4v) is 3.66. The van der Waals surface area contributed by atoms with Crippen LogP contribution in [0.5, 0.6) is 0 Å². The zero-order valence-electron chi connectivity index (χ0n) is 13.4. The van der Waals surface area contributed by atoms with Gasteiger partial charge in [-0.15, -0.1) is 11.8 Å². The van der Waals surface area contributed by atoms with E-state index in [1.807, 2.05) is 43.3 Å². The zero-order chi connectivity index (χ0) is 16.8. The molecule has 4 nitrogen and oxygen atoms in total. The first-order valence-corrected chi connectivity index (χ1v) is 9.19. The molecule has 0 aliphatic carbocycles. The standard InChI is InChI=1S/C17H20BrN3OS/c1-4-23-15-8-6-5-7-13(15)17(22)21-14-10-12(18)9-11(2)20-16(14)19-3/h5-11H,4H2,1-3H3,(H,19,20)(H,21,22)/t11-/m0/s1. The molecule has 1 aromatic rings. The highest BCUT2D eigenvalue weighted by Crippen LogP contribution is 2.23. The number of nitrogens with zero attached hydrogens (tertiary/aromatic N) is 1. The minimum atomic E-state index is -0.134. The van der Waals surface area contributed by atoms with Crippen molar-refractivity contribution < 1.29 is 4.79 Å². The number of benzene rings is 1. The number of hydrogen-bond acceptors (Lipinski definition) is 3. The maximum absolute atomic E-state index is 12.7. The van der Waals surface area contributed by atoms with E-state index in [2.05, 4.69) is 38.5 Å². The summed E-state index contributed by atoms with van der Waals surface area (Å²) in [7, 11) is 1.70. The summed E-state index contributed by atoms with van der Waals surface area (Å²) in [5.41, 5.74) is 1.33. The minimum Gasteiger partial charge on any atom is -0.363 e. The molecule has 0 fully saturated rings. The number of hydrogen-bond donors (Lipinski definition) is 2. The largest absolute Gasteiger partial charge is 0.363 e. The number of allylic oxidation sites excluding steroid dienone is 2. The van der Waals surface area contributed by atoms with Crippen LogP contribution in [0, 0.1) is 0 Å². The average molecular weight is 394 g/mol. The van der Waals surface area contributed by atoms with Gasteiger partial charge in [-0.3, -0.25) is 9.79 Å². The van der Waals surface area contributed by atoms with Crippen molar-refractivity contribution in [3.63, 3.8) is 0 Å². The van der Waals surface area contributed by atoms with Crippen molar-refractivity contribution in [3.8, 4) is 0 Å². The summed E-state index contributed by atoms with van der Waals surface area (Å²) in [4.78, 5) is 17.9. The molecule has 0 spiro atoms.